The Morgan fingerprint density at radius 2 is 1.81 bits per heavy atom. The van der Waals surface area contributed by atoms with E-state index in [0.717, 1.165) is 19.6 Å². The molecule has 1 saturated carbocycles. The standard InChI is InChI=1S/C14H24O2/c1-3-7-13(8-4-1)11-16-14-9-5-2-6-10-15-12-14/h11,14H,1-10,12H2. The Bertz CT molecular complexity index is 207. The van der Waals surface area contributed by atoms with Crippen molar-refractivity contribution in [2.45, 2.75) is 63.9 Å². The number of ether oxygens (including phenoxy) is 2. The number of hydrogen-bond donors (Lipinski definition) is 0. The fourth-order valence-corrected chi connectivity index (χ4v) is 2.47. The molecule has 1 aliphatic carbocycles. The van der Waals surface area contributed by atoms with Crippen LogP contribution in [-0.2, 0) is 9.47 Å². The summed E-state index contributed by atoms with van der Waals surface area (Å²) < 4.78 is 11.4. The molecule has 0 amide bonds. The maximum absolute atomic E-state index is 5.87. The van der Waals surface area contributed by atoms with E-state index in [1.807, 2.05) is 6.26 Å². The van der Waals surface area contributed by atoms with Crippen molar-refractivity contribution in [1.29, 1.82) is 0 Å². The van der Waals surface area contributed by atoms with E-state index in [-0.39, 0.29) is 0 Å². The van der Waals surface area contributed by atoms with Gasteiger partial charge in [0, 0.05) is 6.61 Å². The third-order valence-corrected chi connectivity index (χ3v) is 3.54. The lowest BCUT2D eigenvalue weighted by atomic mass is 9.96. The third-order valence-electron chi connectivity index (χ3n) is 3.54. The smallest absolute Gasteiger partial charge is 0.121 e. The van der Waals surface area contributed by atoms with E-state index in [1.165, 1.54) is 56.9 Å². The van der Waals surface area contributed by atoms with Crippen LogP contribution in [0.15, 0.2) is 11.8 Å². The molecule has 2 heteroatoms. The molecule has 0 radical (unpaired) electrons. The summed E-state index contributed by atoms with van der Waals surface area (Å²) in [5.74, 6) is 0. The van der Waals surface area contributed by atoms with E-state index >= 15 is 0 Å². The maximum Gasteiger partial charge on any atom is 0.121 e. The second kappa shape index (κ2) is 6.95. The van der Waals surface area contributed by atoms with E-state index in [1.54, 1.807) is 0 Å². The fraction of sp³-hybridized carbons (Fsp3) is 0.857. The molecule has 1 aliphatic heterocycles. The molecule has 2 aliphatic rings. The maximum atomic E-state index is 5.87. The largest absolute Gasteiger partial charge is 0.496 e. The molecular formula is C14H24O2. The van der Waals surface area contributed by atoms with Gasteiger partial charge in [0.2, 0.25) is 0 Å². The quantitative estimate of drug-likeness (QED) is 0.664. The van der Waals surface area contributed by atoms with Crippen molar-refractivity contribution in [2.75, 3.05) is 13.2 Å². The van der Waals surface area contributed by atoms with Gasteiger partial charge in [0.25, 0.3) is 0 Å². The van der Waals surface area contributed by atoms with Crippen molar-refractivity contribution < 1.29 is 9.47 Å². The average molecular weight is 224 g/mol. The Morgan fingerprint density at radius 3 is 2.69 bits per heavy atom. The van der Waals surface area contributed by atoms with E-state index in [2.05, 4.69) is 0 Å². The average Bonchev–Trinajstić information content (AvgIpc) is 2.29. The topological polar surface area (TPSA) is 18.5 Å². The van der Waals surface area contributed by atoms with E-state index in [4.69, 9.17) is 9.47 Å². The lowest BCUT2D eigenvalue weighted by Crippen LogP contribution is -2.20. The summed E-state index contributed by atoms with van der Waals surface area (Å²) >= 11 is 0. The lowest BCUT2D eigenvalue weighted by Gasteiger charge is -2.21. The summed E-state index contributed by atoms with van der Waals surface area (Å²) in [7, 11) is 0. The minimum absolute atomic E-state index is 0.301. The van der Waals surface area contributed by atoms with Crippen LogP contribution < -0.4 is 0 Å². The molecule has 0 bridgehead atoms. The Labute approximate surface area is 99.0 Å². The summed E-state index contributed by atoms with van der Waals surface area (Å²) in [4.78, 5) is 0. The Kier molecular flexibility index (Phi) is 5.20. The van der Waals surface area contributed by atoms with Gasteiger partial charge in [-0.25, -0.2) is 0 Å². The molecule has 1 atom stereocenters. The number of hydrogen-bond acceptors (Lipinski definition) is 2. The highest BCUT2D eigenvalue weighted by Crippen LogP contribution is 2.23. The minimum Gasteiger partial charge on any atom is -0.496 e. The van der Waals surface area contributed by atoms with Crippen LogP contribution in [0.4, 0.5) is 0 Å². The molecule has 0 aromatic carbocycles. The summed E-state index contributed by atoms with van der Waals surface area (Å²) in [5.41, 5.74) is 1.51. The van der Waals surface area contributed by atoms with Gasteiger partial charge in [0.1, 0.15) is 6.10 Å². The fourth-order valence-electron chi connectivity index (χ4n) is 2.47. The molecule has 0 spiro atoms. The molecule has 2 rings (SSSR count). The van der Waals surface area contributed by atoms with Gasteiger partial charge in [-0.3, -0.25) is 0 Å². The number of rotatable bonds is 2. The molecule has 92 valence electrons. The van der Waals surface area contributed by atoms with Gasteiger partial charge in [-0.05, 0) is 50.5 Å². The van der Waals surface area contributed by atoms with E-state index in [9.17, 15) is 0 Å². The molecule has 0 aromatic heterocycles. The Hall–Kier alpha value is -0.500. The molecule has 2 fully saturated rings. The van der Waals surface area contributed by atoms with Gasteiger partial charge >= 0.3 is 0 Å². The molecule has 16 heavy (non-hydrogen) atoms. The lowest BCUT2D eigenvalue weighted by molar-refractivity contribution is 0.0103. The highest BCUT2D eigenvalue weighted by molar-refractivity contribution is 5.00. The zero-order valence-corrected chi connectivity index (χ0v) is 10.2. The molecule has 1 unspecified atom stereocenters. The normalized spacial score (nSPS) is 28.0. The first-order valence-electron chi connectivity index (χ1n) is 6.86. The van der Waals surface area contributed by atoms with Gasteiger partial charge in [0.15, 0.2) is 0 Å². The zero-order chi connectivity index (χ0) is 11.1. The van der Waals surface area contributed by atoms with Crippen molar-refractivity contribution in [3.63, 3.8) is 0 Å². The van der Waals surface area contributed by atoms with Crippen LogP contribution in [0.2, 0.25) is 0 Å². The van der Waals surface area contributed by atoms with Gasteiger partial charge in [-0.1, -0.05) is 12.8 Å². The van der Waals surface area contributed by atoms with E-state index < -0.39 is 0 Å². The molecule has 0 aromatic rings. The van der Waals surface area contributed by atoms with Gasteiger partial charge in [0.05, 0.1) is 12.9 Å². The molecule has 0 N–H and O–H groups in total. The first kappa shape index (κ1) is 12.0. The van der Waals surface area contributed by atoms with E-state index in [0.29, 0.717) is 6.10 Å². The first-order valence-corrected chi connectivity index (χ1v) is 6.86. The number of allylic oxidation sites excluding steroid dienone is 1. The minimum atomic E-state index is 0.301. The van der Waals surface area contributed by atoms with Crippen LogP contribution in [0.25, 0.3) is 0 Å². The summed E-state index contributed by atoms with van der Waals surface area (Å²) in [5, 5.41) is 0. The van der Waals surface area contributed by atoms with Crippen molar-refractivity contribution in [3.8, 4) is 0 Å². The van der Waals surface area contributed by atoms with Crippen LogP contribution >= 0.6 is 0 Å². The van der Waals surface area contributed by atoms with Crippen molar-refractivity contribution in [3.05, 3.63) is 11.8 Å². The Balaban J connectivity index is 1.73. The predicted octanol–water partition coefficient (Wildman–Crippen LogP) is 3.81. The predicted molar refractivity (Wildman–Crippen MR) is 65.3 cm³/mol. The third kappa shape index (κ3) is 4.17. The Morgan fingerprint density at radius 1 is 1.00 bits per heavy atom. The SMILES string of the molecule is C(OC1CCCCCOC1)=C1CCCCC1. The van der Waals surface area contributed by atoms with Crippen molar-refractivity contribution >= 4 is 0 Å². The highest BCUT2D eigenvalue weighted by Gasteiger charge is 2.12. The molecule has 1 heterocycles. The zero-order valence-electron chi connectivity index (χ0n) is 10.2. The molecular weight excluding hydrogens is 200 g/mol. The first-order chi connectivity index (χ1) is 7.95. The molecule has 2 nitrogen and oxygen atoms in total. The molecule has 1 saturated heterocycles. The van der Waals surface area contributed by atoms with Crippen LogP contribution in [0.5, 0.6) is 0 Å². The van der Waals surface area contributed by atoms with Crippen LogP contribution in [0.3, 0.4) is 0 Å². The van der Waals surface area contributed by atoms with Gasteiger partial charge in [-0.15, -0.1) is 0 Å². The summed E-state index contributed by atoms with van der Waals surface area (Å²) in [6.45, 7) is 1.69. The van der Waals surface area contributed by atoms with Crippen LogP contribution in [0, 0.1) is 0 Å². The van der Waals surface area contributed by atoms with Crippen molar-refractivity contribution in [2.24, 2.45) is 0 Å². The van der Waals surface area contributed by atoms with Crippen LogP contribution in [0.1, 0.15) is 57.8 Å². The highest BCUT2D eigenvalue weighted by atomic mass is 16.5. The van der Waals surface area contributed by atoms with Crippen molar-refractivity contribution in [1.82, 2.24) is 0 Å². The summed E-state index contributed by atoms with van der Waals surface area (Å²) in [6, 6.07) is 0. The summed E-state index contributed by atoms with van der Waals surface area (Å²) in [6.07, 6.45) is 13.9. The monoisotopic (exact) mass is 224 g/mol. The van der Waals surface area contributed by atoms with Crippen LogP contribution in [-0.4, -0.2) is 19.3 Å². The second-order valence-electron chi connectivity index (χ2n) is 5.02. The van der Waals surface area contributed by atoms with Gasteiger partial charge < -0.3 is 9.47 Å². The second-order valence-corrected chi connectivity index (χ2v) is 5.02. The van der Waals surface area contributed by atoms with Gasteiger partial charge in [-0.2, -0.15) is 0 Å².